The van der Waals surface area contributed by atoms with E-state index in [1.165, 1.54) is 19.8 Å². The van der Waals surface area contributed by atoms with Crippen molar-refractivity contribution in [3.8, 4) is 5.75 Å². The lowest BCUT2D eigenvalue weighted by atomic mass is 10.1. The Morgan fingerprint density at radius 2 is 1.91 bits per heavy atom. The van der Waals surface area contributed by atoms with Crippen LogP contribution in [0.2, 0.25) is 5.02 Å². The Morgan fingerprint density at radius 1 is 1.23 bits per heavy atom. The molecular weight excluding hydrogens is 302 g/mol. The Morgan fingerprint density at radius 3 is 2.55 bits per heavy atom. The Labute approximate surface area is 136 Å². The number of Topliss-reactive ketones (excluding diaryl/α,β-unsaturated/α-hetero) is 1. The molecule has 1 fully saturated rings. The number of halogens is 1. The summed E-state index contributed by atoms with van der Waals surface area (Å²) >= 11 is 5.88. The van der Waals surface area contributed by atoms with Crippen LogP contribution in [0, 0.1) is 0 Å². The first-order chi connectivity index (χ1) is 10.6. The van der Waals surface area contributed by atoms with E-state index in [2.05, 4.69) is 5.32 Å². The maximum Gasteiger partial charge on any atom is 0.258 e. The summed E-state index contributed by atoms with van der Waals surface area (Å²) in [6.07, 6.45) is 6.89. The monoisotopic (exact) mass is 323 g/mol. The summed E-state index contributed by atoms with van der Waals surface area (Å²) in [5.74, 6) is 0.117. The van der Waals surface area contributed by atoms with Crippen LogP contribution in [0.15, 0.2) is 18.2 Å². The van der Waals surface area contributed by atoms with Crippen molar-refractivity contribution in [3.05, 3.63) is 28.8 Å². The zero-order valence-electron chi connectivity index (χ0n) is 12.9. The zero-order chi connectivity index (χ0) is 15.9. The number of hydrogen-bond donors (Lipinski definition) is 1. The van der Waals surface area contributed by atoms with Crippen molar-refractivity contribution in [2.24, 2.45) is 0 Å². The minimum absolute atomic E-state index is 0.0849. The molecule has 1 saturated carbocycles. The van der Waals surface area contributed by atoms with E-state index in [9.17, 15) is 9.59 Å². The highest BCUT2D eigenvalue weighted by Crippen LogP contribution is 2.23. The van der Waals surface area contributed by atoms with Gasteiger partial charge >= 0.3 is 0 Å². The van der Waals surface area contributed by atoms with Gasteiger partial charge in [0.2, 0.25) is 0 Å². The quantitative estimate of drug-likeness (QED) is 0.663. The van der Waals surface area contributed by atoms with Crippen LogP contribution in [0.3, 0.4) is 0 Å². The van der Waals surface area contributed by atoms with Crippen LogP contribution in [-0.4, -0.2) is 24.3 Å². The van der Waals surface area contributed by atoms with Gasteiger partial charge in [0.1, 0.15) is 5.75 Å². The van der Waals surface area contributed by atoms with E-state index < -0.39 is 0 Å². The van der Waals surface area contributed by atoms with Gasteiger partial charge in [0.05, 0.1) is 5.56 Å². The summed E-state index contributed by atoms with van der Waals surface area (Å²) in [6.45, 7) is 1.36. The smallest absolute Gasteiger partial charge is 0.258 e. The molecule has 1 aromatic rings. The molecule has 22 heavy (non-hydrogen) atoms. The highest BCUT2D eigenvalue weighted by molar-refractivity contribution is 6.31. The molecule has 0 spiro atoms. The van der Waals surface area contributed by atoms with E-state index in [-0.39, 0.29) is 24.3 Å². The van der Waals surface area contributed by atoms with Gasteiger partial charge in [-0.2, -0.15) is 0 Å². The van der Waals surface area contributed by atoms with E-state index in [4.69, 9.17) is 16.3 Å². The number of ketones is 1. The van der Waals surface area contributed by atoms with Crippen molar-refractivity contribution in [2.75, 3.05) is 6.61 Å². The first-order valence-electron chi connectivity index (χ1n) is 7.79. The molecule has 1 aliphatic rings. The van der Waals surface area contributed by atoms with Crippen molar-refractivity contribution >= 4 is 23.3 Å². The second kappa shape index (κ2) is 8.18. The van der Waals surface area contributed by atoms with Gasteiger partial charge in [-0.25, -0.2) is 0 Å². The number of ether oxygens (including phenoxy) is 1. The maximum absolute atomic E-state index is 12.0. The number of carbonyl (C=O) groups is 2. The second-order valence-electron chi connectivity index (χ2n) is 5.74. The van der Waals surface area contributed by atoms with Gasteiger partial charge in [0.25, 0.3) is 5.91 Å². The highest BCUT2D eigenvalue weighted by Gasteiger charge is 2.16. The van der Waals surface area contributed by atoms with Crippen LogP contribution < -0.4 is 10.1 Å². The molecular formula is C17H22ClNO3. The molecule has 5 heteroatoms. The van der Waals surface area contributed by atoms with Gasteiger partial charge in [0, 0.05) is 11.1 Å². The topological polar surface area (TPSA) is 55.4 Å². The lowest BCUT2D eigenvalue weighted by molar-refractivity contribution is -0.123. The van der Waals surface area contributed by atoms with Crippen molar-refractivity contribution in [1.29, 1.82) is 0 Å². The molecule has 0 atom stereocenters. The SMILES string of the molecule is CC(=O)c1cc(Cl)ccc1OCC(=O)NC1CCCCCC1. The molecule has 1 N–H and O–H groups in total. The number of rotatable bonds is 5. The third kappa shape index (κ3) is 5.02. The van der Waals surface area contributed by atoms with E-state index in [0.29, 0.717) is 16.3 Å². The minimum atomic E-state index is -0.142. The van der Waals surface area contributed by atoms with Crippen molar-refractivity contribution in [3.63, 3.8) is 0 Å². The fourth-order valence-corrected chi connectivity index (χ4v) is 2.91. The van der Waals surface area contributed by atoms with Crippen LogP contribution >= 0.6 is 11.6 Å². The molecule has 4 nitrogen and oxygen atoms in total. The standard InChI is InChI=1S/C17H22ClNO3/c1-12(20)15-10-13(18)8-9-16(15)22-11-17(21)19-14-6-4-2-3-5-7-14/h8-10,14H,2-7,11H2,1H3,(H,19,21). The average Bonchev–Trinajstić information content (AvgIpc) is 2.74. The summed E-state index contributed by atoms with van der Waals surface area (Å²) in [5.41, 5.74) is 0.398. The molecule has 1 aliphatic carbocycles. The van der Waals surface area contributed by atoms with Crippen LogP contribution in [0.25, 0.3) is 0 Å². The Hall–Kier alpha value is -1.55. The first kappa shape index (κ1) is 16.8. The summed E-state index contributed by atoms with van der Waals surface area (Å²) in [4.78, 5) is 23.6. The van der Waals surface area contributed by atoms with E-state index >= 15 is 0 Å². The van der Waals surface area contributed by atoms with Gasteiger partial charge in [-0.1, -0.05) is 37.3 Å². The molecule has 1 aromatic carbocycles. The second-order valence-corrected chi connectivity index (χ2v) is 6.18. The highest BCUT2D eigenvalue weighted by atomic mass is 35.5. The molecule has 0 unspecified atom stereocenters. The van der Waals surface area contributed by atoms with E-state index in [1.807, 2.05) is 0 Å². The summed E-state index contributed by atoms with van der Waals surface area (Å²) in [7, 11) is 0. The number of hydrogen-bond acceptors (Lipinski definition) is 3. The van der Waals surface area contributed by atoms with Crippen molar-refractivity contribution < 1.29 is 14.3 Å². The molecule has 0 aliphatic heterocycles. The fraction of sp³-hybridized carbons (Fsp3) is 0.529. The third-order valence-electron chi connectivity index (χ3n) is 3.90. The van der Waals surface area contributed by atoms with Crippen LogP contribution in [0.1, 0.15) is 55.8 Å². The Bertz CT molecular complexity index is 537. The van der Waals surface area contributed by atoms with Crippen LogP contribution in [0.4, 0.5) is 0 Å². The lowest BCUT2D eigenvalue weighted by Gasteiger charge is -2.17. The predicted octanol–water partition coefficient (Wildman–Crippen LogP) is 3.76. The number of carbonyl (C=O) groups excluding carboxylic acids is 2. The molecule has 0 saturated heterocycles. The number of benzene rings is 1. The van der Waals surface area contributed by atoms with Gasteiger partial charge in [0.15, 0.2) is 12.4 Å². The molecule has 2 rings (SSSR count). The lowest BCUT2D eigenvalue weighted by Crippen LogP contribution is -2.37. The molecule has 120 valence electrons. The first-order valence-corrected chi connectivity index (χ1v) is 8.16. The maximum atomic E-state index is 12.0. The number of nitrogens with one attached hydrogen (secondary N) is 1. The van der Waals surface area contributed by atoms with Crippen LogP contribution in [0.5, 0.6) is 5.75 Å². The molecule has 1 amide bonds. The molecule has 0 aromatic heterocycles. The van der Waals surface area contributed by atoms with E-state index in [0.717, 1.165) is 25.7 Å². The summed E-state index contributed by atoms with van der Waals surface area (Å²) in [6, 6.07) is 5.07. The summed E-state index contributed by atoms with van der Waals surface area (Å²) < 4.78 is 5.50. The Kier molecular flexibility index (Phi) is 6.25. The van der Waals surface area contributed by atoms with Crippen molar-refractivity contribution in [2.45, 2.75) is 51.5 Å². The zero-order valence-corrected chi connectivity index (χ0v) is 13.6. The minimum Gasteiger partial charge on any atom is -0.483 e. The third-order valence-corrected chi connectivity index (χ3v) is 4.14. The Balaban J connectivity index is 1.89. The average molecular weight is 324 g/mol. The molecule has 0 bridgehead atoms. The predicted molar refractivity (Wildman–Crippen MR) is 86.6 cm³/mol. The van der Waals surface area contributed by atoms with E-state index in [1.54, 1.807) is 18.2 Å². The van der Waals surface area contributed by atoms with Crippen molar-refractivity contribution in [1.82, 2.24) is 5.32 Å². The summed E-state index contributed by atoms with van der Waals surface area (Å²) in [5, 5.41) is 3.49. The van der Waals surface area contributed by atoms with Gasteiger partial charge < -0.3 is 10.1 Å². The molecule has 0 heterocycles. The largest absolute Gasteiger partial charge is 0.483 e. The van der Waals surface area contributed by atoms with Gasteiger partial charge in [-0.15, -0.1) is 0 Å². The number of amides is 1. The normalized spacial score (nSPS) is 15.9. The van der Waals surface area contributed by atoms with Gasteiger partial charge in [-0.3, -0.25) is 9.59 Å². The fourth-order valence-electron chi connectivity index (χ4n) is 2.74. The van der Waals surface area contributed by atoms with Gasteiger partial charge in [-0.05, 0) is 38.0 Å². The van der Waals surface area contributed by atoms with Crippen LogP contribution in [-0.2, 0) is 4.79 Å². The molecule has 0 radical (unpaired) electrons.